The topological polar surface area (TPSA) is 76.3 Å². The van der Waals surface area contributed by atoms with Gasteiger partial charge in [-0.3, -0.25) is 0 Å². The Kier molecular flexibility index (Phi) is 4.16. The molecule has 1 N–H and O–H groups in total. The first kappa shape index (κ1) is 15.4. The first-order valence-corrected chi connectivity index (χ1v) is 9.32. The highest BCUT2D eigenvalue weighted by Gasteiger charge is 2.19. The lowest BCUT2D eigenvalue weighted by Crippen LogP contribution is -2.18. The van der Waals surface area contributed by atoms with Crippen molar-refractivity contribution in [1.82, 2.24) is 14.4 Å². The second-order valence-electron chi connectivity index (χ2n) is 4.74. The van der Waals surface area contributed by atoms with E-state index in [0.29, 0.717) is 10.8 Å². The predicted molar refractivity (Wildman–Crippen MR) is 87.1 cm³/mol. The number of hydrogen-bond acceptors (Lipinski definition) is 5. The Morgan fingerprint density at radius 2 is 2.14 bits per heavy atom. The molecule has 0 aliphatic carbocycles. The molecular weight excluding hydrogens is 344 g/mol. The van der Waals surface area contributed by atoms with Crippen LogP contribution in [0.4, 0.5) is 0 Å². The molecular formula is C13H13ClN4O2S2. The number of aromatic nitrogens is 2. The molecule has 0 atom stereocenters. The van der Waals surface area contributed by atoms with Crippen molar-refractivity contribution in [3.05, 3.63) is 40.7 Å². The van der Waals surface area contributed by atoms with Crippen molar-refractivity contribution in [3.8, 4) is 0 Å². The van der Waals surface area contributed by atoms with E-state index in [9.17, 15) is 8.42 Å². The summed E-state index contributed by atoms with van der Waals surface area (Å²) in [7, 11) is -3.68. The number of nitrogens with one attached hydrogen (secondary N) is 1. The predicted octanol–water partition coefficient (Wildman–Crippen LogP) is 2.26. The van der Waals surface area contributed by atoms with Crippen LogP contribution in [0.2, 0.25) is 5.15 Å². The zero-order chi connectivity index (χ0) is 15.7. The van der Waals surface area contributed by atoms with Crippen LogP contribution in [0, 0.1) is 6.92 Å². The Balaban J connectivity index is 1.78. The number of sulfonamides is 1. The maximum atomic E-state index is 12.1. The van der Waals surface area contributed by atoms with Gasteiger partial charge in [-0.25, -0.2) is 9.82 Å². The van der Waals surface area contributed by atoms with E-state index in [-0.39, 0.29) is 4.90 Å². The average Bonchev–Trinajstić information content (AvgIpc) is 3.02. The largest absolute Gasteiger partial charge is 0.316 e. The van der Waals surface area contributed by atoms with Crippen LogP contribution in [0.3, 0.4) is 0 Å². The smallest absolute Gasteiger partial charge is 0.276 e. The molecule has 6 nitrogen and oxygen atoms in total. The summed E-state index contributed by atoms with van der Waals surface area (Å²) in [5.74, 6) is 0.926. The summed E-state index contributed by atoms with van der Waals surface area (Å²) in [6.07, 6.45) is 1.39. The van der Waals surface area contributed by atoms with Crippen LogP contribution < -0.4 is 4.83 Å². The lowest BCUT2D eigenvalue weighted by Gasteiger charge is -2.04. The lowest BCUT2D eigenvalue weighted by atomic mass is 10.2. The summed E-state index contributed by atoms with van der Waals surface area (Å²) >= 11 is 7.64. The van der Waals surface area contributed by atoms with E-state index in [0.717, 1.165) is 23.0 Å². The maximum absolute atomic E-state index is 12.1. The van der Waals surface area contributed by atoms with Crippen LogP contribution in [-0.2, 0) is 16.6 Å². The SMILES string of the molecule is Cc1ccc(S(=O)(=O)N/N=C/c2c(Cl)nc3n2CCS3)cc1. The average molecular weight is 357 g/mol. The molecule has 0 saturated carbocycles. The summed E-state index contributed by atoms with van der Waals surface area (Å²) in [4.78, 5) is 6.55. The number of imidazole rings is 1. The molecule has 0 bridgehead atoms. The van der Waals surface area contributed by atoms with Gasteiger partial charge >= 0.3 is 0 Å². The van der Waals surface area contributed by atoms with Gasteiger partial charge < -0.3 is 4.57 Å². The molecule has 0 amide bonds. The molecule has 9 heteroatoms. The summed E-state index contributed by atoms with van der Waals surface area (Å²) in [6, 6.07) is 6.53. The van der Waals surface area contributed by atoms with E-state index in [1.807, 2.05) is 11.5 Å². The van der Waals surface area contributed by atoms with Gasteiger partial charge in [-0.05, 0) is 19.1 Å². The second-order valence-corrected chi connectivity index (χ2v) is 7.82. The monoisotopic (exact) mass is 356 g/mol. The fourth-order valence-electron chi connectivity index (χ4n) is 2.02. The highest BCUT2D eigenvalue weighted by atomic mass is 35.5. The number of benzene rings is 1. The fraction of sp³-hybridized carbons (Fsp3) is 0.231. The van der Waals surface area contributed by atoms with Gasteiger partial charge in [-0.1, -0.05) is 41.1 Å². The third kappa shape index (κ3) is 2.99. The van der Waals surface area contributed by atoms with Crippen molar-refractivity contribution in [1.29, 1.82) is 0 Å². The molecule has 0 saturated heterocycles. The minimum absolute atomic E-state index is 0.162. The molecule has 116 valence electrons. The van der Waals surface area contributed by atoms with Crippen LogP contribution in [0.15, 0.2) is 39.4 Å². The molecule has 1 aromatic heterocycles. The Morgan fingerprint density at radius 3 is 2.86 bits per heavy atom. The highest BCUT2D eigenvalue weighted by molar-refractivity contribution is 7.99. The van der Waals surface area contributed by atoms with Crippen molar-refractivity contribution in [2.45, 2.75) is 23.5 Å². The van der Waals surface area contributed by atoms with E-state index in [1.54, 1.807) is 23.9 Å². The van der Waals surface area contributed by atoms with Crippen molar-refractivity contribution >= 4 is 39.6 Å². The van der Waals surface area contributed by atoms with Gasteiger partial charge in [-0.15, -0.1) is 0 Å². The third-order valence-electron chi connectivity index (χ3n) is 3.16. The van der Waals surface area contributed by atoms with Gasteiger partial charge in [-0.2, -0.15) is 13.5 Å². The number of fused-ring (bicyclic) bond motifs is 1. The summed E-state index contributed by atoms with van der Waals surface area (Å²) in [5.41, 5.74) is 1.59. The number of rotatable bonds is 4. The zero-order valence-electron chi connectivity index (χ0n) is 11.7. The number of nitrogens with zero attached hydrogens (tertiary/aromatic N) is 3. The first-order valence-electron chi connectivity index (χ1n) is 6.48. The van der Waals surface area contributed by atoms with Gasteiger partial charge in [0.25, 0.3) is 10.0 Å². The minimum Gasteiger partial charge on any atom is -0.316 e. The fourth-order valence-corrected chi connectivity index (χ4v) is 4.05. The number of halogens is 1. The molecule has 2 heterocycles. The third-order valence-corrected chi connectivity index (χ3v) is 5.64. The van der Waals surface area contributed by atoms with Crippen LogP contribution in [-0.4, -0.2) is 29.9 Å². The summed E-state index contributed by atoms with van der Waals surface area (Å²) in [5, 5.41) is 4.95. The quantitative estimate of drug-likeness (QED) is 0.673. The Labute approximate surface area is 137 Å². The first-order chi connectivity index (χ1) is 10.5. The zero-order valence-corrected chi connectivity index (χ0v) is 14.0. The van der Waals surface area contributed by atoms with E-state index in [2.05, 4.69) is 14.9 Å². The Hall–Kier alpha value is -1.51. The molecule has 22 heavy (non-hydrogen) atoms. The lowest BCUT2D eigenvalue weighted by molar-refractivity contribution is 0.584. The molecule has 0 spiro atoms. The van der Waals surface area contributed by atoms with Crippen LogP contribution in [0.25, 0.3) is 0 Å². The highest BCUT2D eigenvalue weighted by Crippen LogP contribution is 2.29. The van der Waals surface area contributed by atoms with E-state index in [1.165, 1.54) is 18.3 Å². The van der Waals surface area contributed by atoms with E-state index < -0.39 is 10.0 Å². The second kappa shape index (κ2) is 5.94. The molecule has 1 aliphatic heterocycles. The van der Waals surface area contributed by atoms with E-state index >= 15 is 0 Å². The van der Waals surface area contributed by atoms with Crippen LogP contribution in [0.1, 0.15) is 11.3 Å². The number of aryl methyl sites for hydroxylation is 1. The molecule has 0 unspecified atom stereocenters. The van der Waals surface area contributed by atoms with Gasteiger partial charge in [0, 0.05) is 12.3 Å². The summed E-state index contributed by atoms with van der Waals surface area (Å²) < 4.78 is 26.1. The molecule has 1 aliphatic rings. The van der Waals surface area contributed by atoms with Gasteiger partial charge in [0.15, 0.2) is 10.3 Å². The van der Waals surface area contributed by atoms with Crippen molar-refractivity contribution in [2.75, 3.05) is 5.75 Å². The molecule has 3 rings (SSSR count). The number of hydrazone groups is 1. The van der Waals surface area contributed by atoms with Gasteiger partial charge in [0.05, 0.1) is 11.1 Å². The van der Waals surface area contributed by atoms with Crippen molar-refractivity contribution in [2.24, 2.45) is 5.10 Å². The Morgan fingerprint density at radius 1 is 1.41 bits per heavy atom. The van der Waals surface area contributed by atoms with Gasteiger partial charge in [0.2, 0.25) is 0 Å². The van der Waals surface area contributed by atoms with E-state index in [4.69, 9.17) is 11.6 Å². The standard InChI is InChI=1S/C13H13ClN4O2S2/c1-9-2-4-10(5-3-9)22(19,20)17-15-8-11-12(14)16-13-18(11)6-7-21-13/h2-5,8,17H,6-7H2,1H3/b15-8+. The molecule has 2 aromatic rings. The van der Waals surface area contributed by atoms with Crippen LogP contribution >= 0.6 is 23.4 Å². The minimum atomic E-state index is -3.68. The summed E-state index contributed by atoms with van der Waals surface area (Å²) in [6.45, 7) is 2.67. The Bertz CT molecular complexity index is 828. The number of thioether (sulfide) groups is 1. The van der Waals surface area contributed by atoms with Crippen molar-refractivity contribution < 1.29 is 8.42 Å². The van der Waals surface area contributed by atoms with Gasteiger partial charge in [0.1, 0.15) is 5.69 Å². The normalized spacial score (nSPS) is 14.5. The maximum Gasteiger partial charge on any atom is 0.276 e. The van der Waals surface area contributed by atoms with Crippen molar-refractivity contribution in [3.63, 3.8) is 0 Å². The molecule has 1 aromatic carbocycles. The number of hydrogen-bond donors (Lipinski definition) is 1. The molecule has 0 fully saturated rings. The van der Waals surface area contributed by atoms with Crippen LogP contribution in [0.5, 0.6) is 0 Å². The molecule has 0 radical (unpaired) electrons.